The zero-order valence-corrected chi connectivity index (χ0v) is 19.7. The summed E-state index contributed by atoms with van der Waals surface area (Å²) in [6, 6.07) is 14.5. The lowest BCUT2D eigenvalue weighted by molar-refractivity contribution is -0.113. The second-order valence-electron chi connectivity index (χ2n) is 6.78. The number of fused-ring (bicyclic) bond motifs is 1. The van der Waals surface area contributed by atoms with Gasteiger partial charge in [-0.1, -0.05) is 65.0 Å². The number of aromatic nitrogens is 4. The number of carbonyl (C=O) groups excluding carboxylic acids is 2. The fourth-order valence-electron chi connectivity index (χ4n) is 2.98. The fourth-order valence-corrected chi connectivity index (χ4v) is 4.85. The van der Waals surface area contributed by atoms with Crippen molar-refractivity contribution in [2.24, 2.45) is 0 Å². The van der Waals surface area contributed by atoms with Crippen molar-refractivity contribution in [2.45, 2.75) is 18.2 Å². The Kier molecular flexibility index (Phi) is 7.38. The normalized spacial score (nSPS) is 10.8. The number of hydrogen-bond donors (Lipinski definition) is 2. The molecule has 2 aromatic heterocycles. The van der Waals surface area contributed by atoms with Crippen LogP contribution in [-0.2, 0) is 17.9 Å². The van der Waals surface area contributed by atoms with Crippen LogP contribution in [0.5, 0.6) is 0 Å². The standard InChI is InChI=1S/C22H19ClN6O2S2/c1-2-11-29-18(12-24-20(31)14-7-3-4-8-15(14)23)27-28-22(29)32-13-19(30)26-21-25-16-9-5-6-10-17(16)33-21/h2-10H,1,11-13H2,(H,24,31)(H,25,26,30). The Hall–Kier alpha value is -3.21. The van der Waals surface area contributed by atoms with E-state index in [-0.39, 0.29) is 24.1 Å². The van der Waals surface area contributed by atoms with Crippen LogP contribution in [0.3, 0.4) is 0 Å². The molecular weight excluding hydrogens is 480 g/mol. The van der Waals surface area contributed by atoms with Crippen molar-refractivity contribution in [3.8, 4) is 0 Å². The van der Waals surface area contributed by atoms with Gasteiger partial charge in [0.2, 0.25) is 5.91 Å². The van der Waals surface area contributed by atoms with E-state index < -0.39 is 0 Å². The predicted octanol–water partition coefficient (Wildman–Crippen LogP) is 4.39. The topological polar surface area (TPSA) is 102 Å². The van der Waals surface area contributed by atoms with Crippen molar-refractivity contribution in [3.63, 3.8) is 0 Å². The van der Waals surface area contributed by atoms with Crippen LogP contribution >= 0.6 is 34.7 Å². The zero-order valence-electron chi connectivity index (χ0n) is 17.3. The minimum Gasteiger partial charge on any atom is -0.345 e. The summed E-state index contributed by atoms with van der Waals surface area (Å²) in [6.45, 7) is 4.36. The lowest BCUT2D eigenvalue weighted by Crippen LogP contribution is -2.25. The molecule has 4 aromatic rings. The van der Waals surface area contributed by atoms with Crippen molar-refractivity contribution in [1.82, 2.24) is 25.1 Å². The Balaban J connectivity index is 1.37. The maximum atomic E-state index is 12.4. The molecule has 2 heterocycles. The van der Waals surface area contributed by atoms with Crippen LogP contribution in [0.4, 0.5) is 5.13 Å². The molecule has 0 bridgehead atoms. The molecule has 33 heavy (non-hydrogen) atoms. The van der Waals surface area contributed by atoms with Crippen molar-refractivity contribution >= 4 is 61.9 Å². The van der Waals surface area contributed by atoms with E-state index in [1.807, 2.05) is 24.3 Å². The molecule has 0 aliphatic carbocycles. The Morgan fingerprint density at radius 1 is 1.15 bits per heavy atom. The molecule has 168 valence electrons. The molecule has 8 nitrogen and oxygen atoms in total. The van der Waals surface area contributed by atoms with Crippen LogP contribution in [0.2, 0.25) is 5.02 Å². The second kappa shape index (κ2) is 10.6. The Morgan fingerprint density at radius 2 is 1.94 bits per heavy atom. The highest BCUT2D eigenvalue weighted by Crippen LogP contribution is 2.26. The quantitative estimate of drug-likeness (QED) is 0.262. The number of amides is 2. The minimum atomic E-state index is -0.307. The number of thiazole rings is 1. The highest BCUT2D eigenvalue weighted by molar-refractivity contribution is 7.99. The van der Waals surface area contributed by atoms with Crippen LogP contribution < -0.4 is 10.6 Å². The first-order chi connectivity index (χ1) is 16.0. The van der Waals surface area contributed by atoms with Crippen LogP contribution in [0.15, 0.2) is 66.3 Å². The zero-order chi connectivity index (χ0) is 23.2. The molecule has 2 N–H and O–H groups in total. The van der Waals surface area contributed by atoms with Gasteiger partial charge in [0.05, 0.1) is 33.1 Å². The van der Waals surface area contributed by atoms with E-state index in [4.69, 9.17) is 11.6 Å². The first-order valence-electron chi connectivity index (χ1n) is 9.89. The summed E-state index contributed by atoms with van der Waals surface area (Å²) < 4.78 is 2.81. The van der Waals surface area contributed by atoms with E-state index in [0.717, 1.165) is 10.2 Å². The molecule has 0 fully saturated rings. The molecule has 0 radical (unpaired) electrons. The average molecular weight is 499 g/mol. The molecule has 0 saturated carbocycles. The van der Waals surface area contributed by atoms with E-state index in [0.29, 0.717) is 33.2 Å². The van der Waals surface area contributed by atoms with Gasteiger partial charge in [0.25, 0.3) is 5.91 Å². The minimum absolute atomic E-state index is 0.136. The molecule has 2 amide bonds. The van der Waals surface area contributed by atoms with E-state index in [2.05, 4.69) is 32.4 Å². The lowest BCUT2D eigenvalue weighted by Gasteiger charge is -2.09. The molecule has 0 spiro atoms. The SMILES string of the molecule is C=CCn1c(CNC(=O)c2ccccc2Cl)nnc1SCC(=O)Nc1nc2ccccc2s1. The van der Waals surface area contributed by atoms with Crippen LogP contribution in [0.25, 0.3) is 10.2 Å². The number of benzene rings is 2. The third kappa shape index (κ3) is 5.59. The van der Waals surface area contributed by atoms with Gasteiger partial charge in [-0.15, -0.1) is 16.8 Å². The van der Waals surface area contributed by atoms with E-state index in [1.54, 1.807) is 34.9 Å². The number of rotatable bonds is 9. The van der Waals surface area contributed by atoms with Crippen LogP contribution in [0.1, 0.15) is 16.2 Å². The molecule has 11 heteroatoms. The molecule has 0 atom stereocenters. The van der Waals surface area contributed by atoms with Crippen molar-refractivity contribution in [2.75, 3.05) is 11.1 Å². The predicted molar refractivity (Wildman–Crippen MR) is 132 cm³/mol. The summed E-state index contributed by atoms with van der Waals surface area (Å²) in [7, 11) is 0. The summed E-state index contributed by atoms with van der Waals surface area (Å²) in [6.07, 6.45) is 1.70. The van der Waals surface area contributed by atoms with Crippen LogP contribution in [-0.4, -0.2) is 37.3 Å². The molecule has 0 saturated heterocycles. The third-order valence-electron chi connectivity index (χ3n) is 4.50. The molecule has 0 aliphatic rings. The Labute approximate surface area is 203 Å². The van der Waals surface area contributed by atoms with Gasteiger partial charge in [-0.05, 0) is 24.3 Å². The second-order valence-corrected chi connectivity index (χ2v) is 9.16. The Bertz CT molecular complexity index is 1290. The first-order valence-corrected chi connectivity index (χ1v) is 12.1. The molecule has 0 unspecified atom stereocenters. The van der Waals surface area contributed by atoms with Gasteiger partial charge in [-0.2, -0.15) is 0 Å². The highest BCUT2D eigenvalue weighted by Gasteiger charge is 2.16. The van der Waals surface area contributed by atoms with Gasteiger partial charge in [-0.25, -0.2) is 4.98 Å². The lowest BCUT2D eigenvalue weighted by atomic mass is 10.2. The number of nitrogens with one attached hydrogen (secondary N) is 2. The van der Waals surface area contributed by atoms with E-state index >= 15 is 0 Å². The van der Waals surface area contributed by atoms with Gasteiger partial charge in [0.15, 0.2) is 16.1 Å². The van der Waals surface area contributed by atoms with Crippen molar-refractivity contribution in [1.29, 1.82) is 0 Å². The average Bonchev–Trinajstić information content (AvgIpc) is 3.39. The van der Waals surface area contributed by atoms with Crippen molar-refractivity contribution in [3.05, 3.63) is 77.6 Å². The molecule has 4 rings (SSSR count). The van der Waals surface area contributed by atoms with Gasteiger partial charge < -0.3 is 15.2 Å². The number of hydrogen-bond acceptors (Lipinski definition) is 7. The smallest absolute Gasteiger partial charge is 0.253 e. The third-order valence-corrected chi connectivity index (χ3v) is 6.75. The summed E-state index contributed by atoms with van der Waals surface area (Å²) in [4.78, 5) is 29.3. The van der Waals surface area contributed by atoms with Crippen LogP contribution in [0, 0.1) is 0 Å². The van der Waals surface area contributed by atoms with E-state index in [1.165, 1.54) is 23.1 Å². The summed E-state index contributed by atoms with van der Waals surface area (Å²) in [5, 5.41) is 15.4. The maximum absolute atomic E-state index is 12.4. The summed E-state index contributed by atoms with van der Waals surface area (Å²) >= 11 is 8.76. The van der Waals surface area contributed by atoms with Crippen molar-refractivity contribution < 1.29 is 9.59 Å². The van der Waals surface area contributed by atoms with Gasteiger partial charge >= 0.3 is 0 Å². The number of nitrogens with zero attached hydrogens (tertiary/aromatic N) is 4. The number of para-hydroxylation sites is 1. The number of thioether (sulfide) groups is 1. The largest absolute Gasteiger partial charge is 0.345 e. The number of allylic oxidation sites excluding steroid dienone is 1. The highest BCUT2D eigenvalue weighted by atomic mass is 35.5. The number of anilines is 1. The maximum Gasteiger partial charge on any atom is 0.253 e. The summed E-state index contributed by atoms with van der Waals surface area (Å²) in [5.41, 5.74) is 1.23. The molecular formula is C22H19ClN6O2S2. The number of halogens is 1. The fraction of sp³-hybridized carbons (Fsp3) is 0.136. The molecule has 0 aliphatic heterocycles. The van der Waals surface area contributed by atoms with Gasteiger partial charge in [-0.3, -0.25) is 9.59 Å². The van der Waals surface area contributed by atoms with E-state index in [9.17, 15) is 9.59 Å². The first kappa shape index (κ1) is 23.0. The van der Waals surface area contributed by atoms with Gasteiger partial charge in [0.1, 0.15) is 0 Å². The monoisotopic (exact) mass is 498 g/mol. The molecule has 2 aromatic carbocycles. The Morgan fingerprint density at radius 3 is 2.73 bits per heavy atom. The number of carbonyl (C=O) groups is 2. The van der Waals surface area contributed by atoms with Gasteiger partial charge in [0, 0.05) is 6.54 Å². The summed E-state index contributed by atoms with van der Waals surface area (Å²) in [5.74, 6) is 0.181.